The maximum atomic E-state index is 12.0. The standard InChI is InChI=1S/C15H24N2O4S/c1-15(2)12-20-10-14(21-15)11-22(18,19)17-9-8-16-13-6-4-3-5-7-13/h3-7,14,16-17H,8-12H2,1-2H3. The lowest BCUT2D eigenvalue weighted by molar-refractivity contribution is -0.174. The zero-order valence-corrected chi connectivity index (χ0v) is 13.9. The Morgan fingerprint density at radius 1 is 1.23 bits per heavy atom. The first-order valence-electron chi connectivity index (χ1n) is 7.38. The zero-order valence-electron chi connectivity index (χ0n) is 13.0. The Kier molecular flexibility index (Phi) is 5.80. The number of hydrogen-bond donors (Lipinski definition) is 2. The number of anilines is 1. The van der Waals surface area contributed by atoms with Gasteiger partial charge >= 0.3 is 0 Å². The molecule has 6 nitrogen and oxygen atoms in total. The number of ether oxygens (including phenoxy) is 2. The van der Waals surface area contributed by atoms with Crippen LogP contribution in [0.15, 0.2) is 30.3 Å². The summed E-state index contributed by atoms with van der Waals surface area (Å²) in [5.41, 5.74) is 0.528. The minimum absolute atomic E-state index is 0.0816. The summed E-state index contributed by atoms with van der Waals surface area (Å²) in [5.74, 6) is -0.0816. The molecule has 0 saturated carbocycles. The van der Waals surface area contributed by atoms with Gasteiger partial charge in [0.1, 0.15) is 0 Å². The van der Waals surface area contributed by atoms with Crippen molar-refractivity contribution in [2.24, 2.45) is 0 Å². The van der Waals surface area contributed by atoms with Crippen LogP contribution >= 0.6 is 0 Å². The maximum Gasteiger partial charge on any atom is 0.214 e. The highest BCUT2D eigenvalue weighted by molar-refractivity contribution is 7.89. The predicted molar refractivity (Wildman–Crippen MR) is 86.5 cm³/mol. The van der Waals surface area contributed by atoms with Gasteiger partial charge in [0.15, 0.2) is 0 Å². The molecule has 1 aliphatic heterocycles. The van der Waals surface area contributed by atoms with Gasteiger partial charge in [-0.3, -0.25) is 0 Å². The molecule has 1 heterocycles. The van der Waals surface area contributed by atoms with Crippen LogP contribution in [0, 0.1) is 0 Å². The van der Waals surface area contributed by atoms with Crippen LogP contribution in [0.5, 0.6) is 0 Å². The second kappa shape index (κ2) is 7.41. The van der Waals surface area contributed by atoms with Crippen molar-refractivity contribution in [2.45, 2.75) is 25.6 Å². The van der Waals surface area contributed by atoms with Crippen molar-refractivity contribution in [1.82, 2.24) is 4.72 Å². The van der Waals surface area contributed by atoms with Crippen molar-refractivity contribution in [3.05, 3.63) is 30.3 Å². The van der Waals surface area contributed by atoms with Gasteiger partial charge in [-0.1, -0.05) is 18.2 Å². The normalized spacial score (nSPS) is 21.5. The van der Waals surface area contributed by atoms with Crippen molar-refractivity contribution < 1.29 is 17.9 Å². The molecule has 1 atom stereocenters. The number of hydrogen-bond acceptors (Lipinski definition) is 5. The summed E-state index contributed by atoms with van der Waals surface area (Å²) in [4.78, 5) is 0. The molecule has 0 spiro atoms. The van der Waals surface area contributed by atoms with E-state index in [1.165, 1.54) is 0 Å². The van der Waals surface area contributed by atoms with E-state index in [-0.39, 0.29) is 5.75 Å². The molecule has 1 fully saturated rings. The molecule has 124 valence electrons. The average Bonchev–Trinajstić information content (AvgIpc) is 2.43. The largest absolute Gasteiger partial charge is 0.384 e. The van der Waals surface area contributed by atoms with Gasteiger partial charge in [-0.05, 0) is 26.0 Å². The van der Waals surface area contributed by atoms with E-state index in [0.717, 1.165) is 5.69 Å². The molecule has 1 aliphatic rings. The van der Waals surface area contributed by atoms with E-state index < -0.39 is 21.7 Å². The summed E-state index contributed by atoms with van der Waals surface area (Å²) in [7, 11) is -3.38. The van der Waals surface area contributed by atoms with Crippen molar-refractivity contribution in [2.75, 3.05) is 37.4 Å². The third-order valence-electron chi connectivity index (χ3n) is 3.19. The third kappa shape index (κ3) is 5.92. The minimum atomic E-state index is -3.38. The second-order valence-electron chi connectivity index (χ2n) is 5.98. The van der Waals surface area contributed by atoms with Crippen LogP contribution in [0.4, 0.5) is 5.69 Å². The van der Waals surface area contributed by atoms with Gasteiger partial charge in [-0.2, -0.15) is 0 Å². The number of para-hydroxylation sites is 1. The molecule has 0 radical (unpaired) electrons. The lowest BCUT2D eigenvalue weighted by Crippen LogP contribution is -2.47. The molecule has 22 heavy (non-hydrogen) atoms. The molecule has 0 amide bonds. The predicted octanol–water partition coefficient (Wildman–Crippen LogP) is 1.21. The minimum Gasteiger partial charge on any atom is -0.384 e. The first-order chi connectivity index (χ1) is 10.4. The molecule has 7 heteroatoms. The highest BCUT2D eigenvalue weighted by Crippen LogP contribution is 2.19. The molecule has 1 unspecified atom stereocenters. The smallest absolute Gasteiger partial charge is 0.214 e. The third-order valence-corrected chi connectivity index (χ3v) is 4.65. The van der Waals surface area contributed by atoms with Gasteiger partial charge in [-0.15, -0.1) is 0 Å². The zero-order chi connectivity index (χ0) is 16.1. The first-order valence-corrected chi connectivity index (χ1v) is 9.03. The number of rotatable bonds is 7. The van der Waals surface area contributed by atoms with Crippen LogP contribution in [0.2, 0.25) is 0 Å². The second-order valence-corrected chi connectivity index (χ2v) is 7.83. The lowest BCUT2D eigenvalue weighted by Gasteiger charge is -2.35. The Balaban J connectivity index is 1.72. The quantitative estimate of drug-likeness (QED) is 0.736. The van der Waals surface area contributed by atoms with Crippen LogP contribution in [-0.2, 0) is 19.5 Å². The molecule has 2 N–H and O–H groups in total. The van der Waals surface area contributed by atoms with Crippen molar-refractivity contribution in [3.63, 3.8) is 0 Å². The van der Waals surface area contributed by atoms with Crippen LogP contribution < -0.4 is 10.0 Å². The van der Waals surface area contributed by atoms with Crippen LogP contribution in [-0.4, -0.2) is 52.2 Å². The van der Waals surface area contributed by atoms with Gasteiger partial charge in [0.25, 0.3) is 0 Å². The Morgan fingerprint density at radius 2 is 1.95 bits per heavy atom. The Bertz CT molecular complexity index is 560. The molecule has 1 saturated heterocycles. The number of nitrogens with one attached hydrogen (secondary N) is 2. The highest BCUT2D eigenvalue weighted by atomic mass is 32.2. The van der Waals surface area contributed by atoms with Crippen molar-refractivity contribution in [3.8, 4) is 0 Å². The van der Waals surface area contributed by atoms with E-state index in [2.05, 4.69) is 10.0 Å². The van der Waals surface area contributed by atoms with Crippen LogP contribution in [0.1, 0.15) is 13.8 Å². The molecule has 0 aromatic heterocycles. The van der Waals surface area contributed by atoms with Gasteiger partial charge < -0.3 is 14.8 Å². The van der Waals surface area contributed by atoms with Crippen molar-refractivity contribution in [1.29, 1.82) is 0 Å². The molecule has 0 bridgehead atoms. The van der Waals surface area contributed by atoms with E-state index in [4.69, 9.17) is 9.47 Å². The maximum absolute atomic E-state index is 12.0. The topological polar surface area (TPSA) is 76.7 Å². The summed E-state index contributed by atoms with van der Waals surface area (Å²) in [6.07, 6.45) is -0.427. The lowest BCUT2D eigenvalue weighted by atomic mass is 10.1. The molecule has 1 aromatic carbocycles. The SMILES string of the molecule is CC1(C)COCC(CS(=O)(=O)NCCNc2ccccc2)O1. The van der Waals surface area contributed by atoms with Gasteiger partial charge in [0.2, 0.25) is 10.0 Å². The fourth-order valence-electron chi connectivity index (χ4n) is 2.31. The summed E-state index contributed by atoms with van der Waals surface area (Å²) < 4.78 is 37.8. The van der Waals surface area contributed by atoms with E-state index in [1.807, 2.05) is 44.2 Å². The fraction of sp³-hybridized carbons (Fsp3) is 0.600. The monoisotopic (exact) mass is 328 g/mol. The highest BCUT2D eigenvalue weighted by Gasteiger charge is 2.32. The summed E-state index contributed by atoms with van der Waals surface area (Å²) >= 11 is 0. The summed E-state index contributed by atoms with van der Waals surface area (Å²) in [6.45, 7) is 5.43. The number of benzene rings is 1. The first kappa shape index (κ1) is 17.2. The van der Waals surface area contributed by atoms with E-state index in [1.54, 1.807) is 0 Å². The fourth-order valence-corrected chi connectivity index (χ4v) is 3.50. The van der Waals surface area contributed by atoms with E-state index >= 15 is 0 Å². The molecular formula is C15H24N2O4S. The van der Waals surface area contributed by atoms with E-state index in [0.29, 0.717) is 26.3 Å². The van der Waals surface area contributed by atoms with Crippen molar-refractivity contribution >= 4 is 15.7 Å². The number of sulfonamides is 1. The summed E-state index contributed by atoms with van der Waals surface area (Å²) in [6, 6.07) is 9.65. The Labute approximate surface area is 132 Å². The van der Waals surface area contributed by atoms with Gasteiger partial charge in [-0.25, -0.2) is 13.1 Å². The average molecular weight is 328 g/mol. The molecule has 2 rings (SSSR count). The molecular weight excluding hydrogens is 304 g/mol. The molecule has 0 aliphatic carbocycles. The van der Waals surface area contributed by atoms with E-state index in [9.17, 15) is 8.42 Å². The Morgan fingerprint density at radius 3 is 2.64 bits per heavy atom. The molecule has 1 aromatic rings. The van der Waals surface area contributed by atoms with Gasteiger partial charge in [0, 0.05) is 18.8 Å². The van der Waals surface area contributed by atoms with Crippen LogP contribution in [0.25, 0.3) is 0 Å². The summed E-state index contributed by atoms with van der Waals surface area (Å²) in [5, 5.41) is 3.15. The van der Waals surface area contributed by atoms with Gasteiger partial charge in [0.05, 0.1) is 30.7 Å². The Hall–Kier alpha value is -1.15. The van der Waals surface area contributed by atoms with Crippen LogP contribution in [0.3, 0.4) is 0 Å².